The highest BCUT2D eigenvalue weighted by Crippen LogP contribution is 2.27. The van der Waals surface area contributed by atoms with E-state index >= 15 is 0 Å². The standard InChI is InChI=1S/C15H17FN4/c1-9(15-10(2)19-20(4)11(15)3)18-14-7-5-6-13(16)12(14)8-17/h5-7,9,18H,1-4H3. The predicted molar refractivity (Wildman–Crippen MR) is 75.8 cm³/mol. The molecule has 0 saturated carbocycles. The molecule has 0 aliphatic carbocycles. The van der Waals surface area contributed by atoms with Gasteiger partial charge in [-0.05, 0) is 32.9 Å². The molecule has 0 aliphatic heterocycles. The van der Waals surface area contributed by atoms with E-state index in [9.17, 15) is 4.39 Å². The third-order valence-corrected chi connectivity index (χ3v) is 3.50. The Kier molecular flexibility index (Phi) is 3.75. The molecule has 0 bridgehead atoms. The molecule has 1 heterocycles. The first-order valence-electron chi connectivity index (χ1n) is 6.41. The van der Waals surface area contributed by atoms with Crippen molar-refractivity contribution in [3.05, 3.63) is 46.5 Å². The van der Waals surface area contributed by atoms with Crippen LogP contribution in [-0.4, -0.2) is 9.78 Å². The minimum atomic E-state index is -0.510. The van der Waals surface area contributed by atoms with Crippen molar-refractivity contribution in [3.8, 4) is 6.07 Å². The molecule has 0 fully saturated rings. The molecule has 104 valence electrons. The first-order chi connectivity index (χ1) is 9.45. The Bertz CT molecular complexity index is 682. The lowest BCUT2D eigenvalue weighted by molar-refractivity contribution is 0.624. The number of benzene rings is 1. The van der Waals surface area contributed by atoms with Gasteiger partial charge < -0.3 is 5.32 Å². The maximum atomic E-state index is 13.6. The highest BCUT2D eigenvalue weighted by Gasteiger charge is 2.18. The lowest BCUT2D eigenvalue weighted by Crippen LogP contribution is -2.10. The van der Waals surface area contributed by atoms with Gasteiger partial charge in [-0.2, -0.15) is 10.4 Å². The van der Waals surface area contributed by atoms with Gasteiger partial charge in [0.1, 0.15) is 17.4 Å². The minimum Gasteiger partial charge on any atom is -0.377 e. The summed E-state index contributed by atoms with van der Waals surface area (Å²) >= 11 is 0. The Morgan fingerprint density at radius 3 is 2.65 bits per heavy atom. The van der Waals surface area contributed by atoms with E-state index in [1.165, 1.54) is 6.07 Å². The molecule has 1 N–H and O–H groups in total. The summed E-state index contributed by atoms with van der Waals surface area (Å²) in [4.78, 5) is 0. The van der Waals surface area contributed by atoms with E-state index in [1.807, 2.05) is 38.6 Å². The van der Waals surface area contributed by atoms with Crippen LogP contribution in [0.3, 0.4) is 0 Å². The van der Waals surface area contributed by atoms with Crippen LogP contribution in [0.5, 0.6) is 0 Å². The number of aryl methyl sites for hydroxylation is 2. The van der Waals surface area contributed by atoms with E-state index in [0.29, 0.717) is 5.69 Å². The normalized spacial score (nSPS) is 12.0. The van der Waals surface area contributed by atoms with E-state index in [1.54, 1.807) is 12.1 Å². The van der Waals surface area contributed by atoms with Crippen molar-refractivity contribution in [2.24, 2.45) is 7.05 Å². The molecule has 0 saturated heterocycles. The molecule has 0 aliphatic rings. The monoisotopic (exact) mass is 272 g/mol. The van der Waals surface area contributed by atoms with E-state index in [4.69, 9.17) is 5.26 Å². The molecule has 0 radical (unpaired) electrons. The van der Waals surface area contributed by atoms with Crippen LogP contribution in [0, 0.1) is 31.0 Å². The zero-order valence-corrected chi connectivity index (χ0v) is 12.0. The van der Waals surface area contributed by atoms with Crippen LogP contribution < -0.4 is 5.32 Å². The molecular weight excluding hydrogens is 255 g/mol. The van der Waals surface area contributed by atoms with Crippen LogP contribution in [0.1, 0.15) is 35.5 Å². The fraction of sp³-hybridized carbons (Fsp3) is 0.333. The van der Waals surface area contributed by atoms with Gasteiger partial charge >= 0.3 is 0 Å². The fourth-order valence-corrected chi connectivity index (χ4v) is 2.48. The summed E-state index contributed by atoms with van der Waals surface area (Å²) in [6, 6.07) is 6.42. The Hall–Kier alpha value is -2.35. The molecule has 1 atom stereocenters. The summed E-state index contributed by atoms with van der Waals surface area (Å²) in [6.45, 7) is 5.91. The second kappa shape index (κ2) is 5.33. The van der Waals surface area contributed by atoms with Crippen LogP contribution in [-0.2, 0) is 7.05 Å². The van der Waals surface area contributed by atoms with Crippen molar-refractivity contribution in [2.45, 2.75) is 26.8 Å². The fourth-order valence-electron chi connectivity index (χ4n) is 2.48. The first-order valence-corrected chi connectivity index (χ1v) is 6.41. The summed E-state index contributed by atoms with van der Waals surface area (Å²) in [5.41, 5.74) is 3.60. The van der Waals surface area contributed by atoms with Crippen molar-refractivity contribution >= 4 is 5.69 Å². The first kappa shape index (κ1) is 14.1. The quantitative estimate of drug-likeness (QED) is 0.933. The highest BCUT2D eigenvalue weighted by atomic mass is 19.1. The van der Waals surface area contributed by atoms with Gasteiger partial charge in [0.05, 0.1) is 17.4 Å². The van der Waals surface area contributed by atoms with Crippen LogP contribution in [0.4, 0.5) is 10.1 Å². The van der Waals surface area contributed by atoms with Crippen molar-refractivity contribution in [1.29, 1.82) is 5.26 Å². The molecule has 5 heteroatoms. The second-order valence-electron chi connectivity index (χ2n) is 4.85. The smallest absolute Gasteiger partial charge is 0.143 e. The minimum absolute atomic E-state index is 0.0403. The molecule has 0 amide bonds. The summed E-state index contributed by atoms with van der Waals surface area (Å²) in [5.74, 6) is -0.510. The molecule has 2 rings (SSSR count). The number of nitrogens with zero attached hydrogens (tertiary/aromatic N) is 3. The maximum Gasteiger partial charge on any atom is 0.143 e. The zero-order chi connectivity index (χ0) is 14.9. The number of rotatable bonds is 3. The molecular formula is C15H17FN4. The van der Waals surface area contributed by atoms with E-state index in [0.717, 1.165) is 17.0 Å². The summed E-state index contributed by atoms with van der Waals surface area (Å²) in [6.07, 6.45) is 0. The lowest BCUT2D eigenvalue weighted by atomic mass is 10.1. The summed E-state index contributed by atoms with van der Waals surface area (Å²) < 4.78 is 15.4. The van der Waals surface area contributed by atoms with Gasteiger partial charge in [-0.1, -0.05) is 6.07 Å². The summed E-state index contributed by atoms with van der Waals surface area (Å²) in [5, 5.41) is 16.6. The number of hydrogen-bond donors (Lipinski definition) is 1. The van der Waals surface area contributed by atoms with Crippen molar-refractivity contribution in [3.63, 3.8) is 0 Å². The van der Waals surface area contributed by atoms with Crippen LogP contribution in [0.15, 0.2) is 18.2 Å². The number of nitrogens with one attached hydrogen (secondary N) is 1. The average Bonchev–Trinajstić information content (AvgIpc) is 2.63. The SMILES string of the molecule is Cc1nn(C)c(C)c1C(C)Nc1cccc(F)c1C#N. The van der Waals surface area contributed by atoms with E-state index in [2.05, 4.69) is 10.4 Å². The number of anilines is 1. The molecule has 4 nitrogen and oxygen atoms in total. The molecule has 1 unspecified atom stereocenters. The maximum absolute atomic E-state index is 13.6. The Morgan fingerprint density at radius 2 is 2.10 bits per heavy atom. The number of halogens is 1. The largest absolute Gasteiger partial charge is 0.377 e. The molecule has 1 aromatic heterocycles. The third-order valence-electron chi connectivity index (χ3n) is 3.50. The van der Waals surface area contributed by atoms with Crippen LogP contribution in [0.25, 0.3) is 0 Å². The van der Waals surface area contributed by atoms with E-state index in [-0.39, 0.29) is 11.6 Å². The Balaban J connectivity index is 2.36. The Labute approximate surface area is 117 Å². The van der Waals surface area contributed by atoms with Gasteiger partial charge in [0.25, 0.3) is 0 Å². The number of aromatic nitrogens is 2. The molecule has 2 aromatic rings. The third kappa shape index (κ3) is 2.37. The van der Waals surface area contributed by atoms with Gasteiger partial charge in [0, 0.05) is 18.3 Å². The number of nitriles is 1. The van der Waals surface area contributed by atoms with Gasteiger partial charge in [0.15, 0.2) is 0 Å². The van der Waals surface area contributed by atoms with Crippen molar-refractivity contribution in [1.82, 2.24) is 9.78 Å². The van der Waals surface area contributed by atoms with Crippen molar-refractivity contribution < 1.29 is 4.39 Å². The molecule has 0 spiro atoms. The average molecular weight is 272 g/mol. The van der Waals surface area contributed by atoms with Gasteiger partial charge in [0.2, 0.25) is 0 Å². The van der Waals surface area contributed by atoms with Gasteiger partial charge in [-0.3, -0.25) is 4.68 Å². The predicted octanol–water partition coefficient (Wildman–Crippen LogP) is 3.22. The topological polar surface area (TPSA) is 53.6 Å². The lowest BCUT2D eigenvalue weighted by Gasteiger charge is -2.17. The highest BCUT2D eigenvalue weighted by molar-refractivity contribution is 5.59. The zero-order valence-electron chi connectivity index (χ0n) is 12.0. The summed E-state index contributed by atoms with van der Waals surface area (Å²) in [7, 11) is 1.89. The van der Waals surface area contributed by atoms with Crippen molar-refractivity contribution in [2.75, 3.05) is 5.32 Å². The number of hydrogen-bond acceptors (Lipinski definition) is 3. The van der Waals surface area contributed by atoms with Gasteiger partial charge in [-0.15, -0.1) is 0 Å². The molecule has 20 heavy (non-hydrogen) atoms. The van der Waals surface area contributed by atoms with Crippen LogP contribution >= 0.6 is 0 Å². The van der Waals surface area contributed by atoms with Gasteiger partial charge in [-0.25, -0.2) is 4.39 Å². The Morgan fingerprint density at radius 1 is 1.40 bits per heavy atom. The second-order valence-corrected chi connectivity index (χ2v) is 4.85. The molecule has 1 aromatic carbocycles. The van der Waals surface area contributed by atoms with Crippen LogP contribution in [0.2, 0.25) is 0 Å². The van der Waals surface area contributed by atoms with E-state index < -0.39 is 5.82 Å².